The summed E-state index contributed by atoms with van der Waals surface area (Å²) in [5.74, 6) is 1.53. The number of aromatic nitrogens is 2. The zero-order chi connectivity index (χ0) is 22.8. The minimum absolute atomic E-state index is 0.0333. The molecule has 168 valence electrons. The lowest BCUT2D eigenvalue weighted by Crippen LogP contribution is -2.53. The van der Waals surface area contributed by atoms with Gasteiger partial charge in [0, 0.05) is 45.0 Å². The Hall–Kier alpha value is -3.74. The Kier molecular flexibility index (Phi) is 5.77. The second kappa shape index (κ2) is 9.02. The Balaban J connectivity index is 1.41. The van der Waals surface area contributed by atoms with E-state index in [1.165, 1.54) is 5.56 Å². The van der Waals surface area contributed by atoms with Crippen LogP contribution >= 0.6 is 0 Å². The number of aliphatic imine (C=N–C) groups is 1. The molecule has 7 nitrogen and oxygen atoms in total. The molecule has 1 aromatic heterocycles. The first-order valence-corrected chi connectivity index (χ1v) is 11.4. The number of rotatable bonds is 4. The first-order chi connectivity index (χ1) is 16.1. The molecule has 0 radical (unpaired) electrons. The Morgan fingerprint density at radius 1 is 0.848 bits per heavy atom. The minimum Gasteiger partial charge on any atom is -0.339 e. The Bertz CT molecular complexity index is 1160. The first kappa shape index (κ1) is 21.1. The standard InChI is InChI=1S/C26H28N6O/c1-19-9-10-22(17-20(19)2)32-24(33)23(18-21-7-4-3-5-8-21)29-26(32)31-15-13-30(14-16-31)25-27-11-6-12-28-25/h3-12,17,23H,13-16,18H2,1-2H3. The van der Waals surface area contributed by atoms with Crippen LogP contribution in [-0.4, -0.2) is 59.0 Å². The number of carbonyl (C=O) groups is 1. The van der Waals surface area contributed by atoms with E-state index in [9.17, 15) is 4.79 Å². The van der Waals surface area contributed by atoms with Crippen molar-refractivity contribution in [1.82, 2.24) is 14.9 Å². The van der Waals surface area contributed by atoms with Gasteiger partial charge in [0.1, 0.15) is 6.04 Å². The normalized spacial score (nSPS) is 18.6. The number of hydrogen-bond acceptors (Lipinski definition) is 6. The van der Waals surface area contributed by atoms with E-state index in [1.54, 1.807) is 12.4 Å². The zero-order valence-corrected chi connectivity index (χ0v) is 19.1. The van der Waals surface area contributed by atoms with Crippen LogP contribution in [0.25, 0.3) is 0 Å². The van der Waals surface area contributed by atoms with Gasteiger partial charge in [-0.1, -0.05) is 36.4 Å². The molecule has 5 rings (SSSR count). The predicted octanol–water partition coefficient (Wildman–Crippen LogP) is 3.23. The summed E-state index contributed by atoms with van der Waals surface area (Å²) in [6.07, 6.45) is 4.14. The highest BCUT2D eigenvalue weighted by atomic mass is 16.2. The smallest absolute Gasteiger partial charge is 0.259 e. The van der Waals surface area contributed by atoms with Crippen molar-refractivity contribution in [1.29, 1.82) is 0 Å². The molecule has 0 N–H and O–H groups in total. The van der Waals surface area contributed by atoms with Crippen molar-refractivity contribution in [2.24, 2.45) is 4.99 Å². The van der Waals surface area contributed by atoms with Gasteiger partial charge >= 0.3 is 0 Å². The molecule has 2 aromatic carbocycles. The van der Waals surface area contributed by atoms with Gasteiger partial charge in [0.05, 0.1) is 5.69 Å². The fourth-order valence-electron chi connectivity index (χ4n) is 4.36. The van der Waals surface area contributed by atoms with Crippen molar-refractivity contribution in [2.45, 2.75) is 26.3 Å². The topological polar surface area (TPSA) is 64.9 Å². The van der Waals surface area contributed by atoms with E-state index in [0.29, 0.717) is 6.42 Å². The third-order valence-electron chi connectivity index (χ3n) is 6.39. The molecule has 2 aliphatic heterocycles. The molecular weight excluding hydrogens is 412 g/mol. The number of amides is 1. The SMILES string of the molecule is Cc1ccc(N2C(=O)C(Cc3ccccc3)N=C2N2CCN(c3ncccn3)CC2)cc1C. The summed E-state index contributed by atoms with van der Waals surface area (Å²) in [6, 6.07) is 17.7. The van der Waals surface area contributed by atoms with Crippen LogP contribution in [0.1, 0.15) is 16.7 Å². The summed E-state index contributed by atoms with van der Waals surface area (Å²) >= 11 is 0. The third-order valence-corrected chi connectivity index (χ3v) is 6.39. The summed E-state index contributed by atoms with van der Waals surface area (Å²) in [4.78, 5) is 33.5. The van der Waals surface area contributed by atoms with Crippen molar-refractivity contribution in [3.05, 3.63) is 83.7 Å². The van der Waals surface area contributed by atoms with E-state index in [0.717, 1.165) is 54.9 Å². The number of piperazine rings is 1. The van der Waals surface area contributed by atoms with Crippen molar-refractivity contribution >= 4 is 23.5 Å². The average molecular weight is 441 g/mol. The molecule has 1 fully saturated rings. The predicted molar refractivity (Wildman–Crippen MR) is 131 cm³/mol. The molecule has 3 aromatic rings. The minimum atomic E-state index is -0.417. The second-order valence-electron chi connectivity index (χ2n) is 8.60. The summed E-state index contributed by atoms with van der Waals surface area (Å²) in [5, 5.41) is 0. The van der Waals surface area contributed by atoms with Crippen LogP contribution in [0.5, 0.6) is 0 Å². The van der Waals surface area contributed by atoms with Gasteiger partial charge in [0.15, 0.2) is 0 Å². The third kappa shape index (κ3) is 4.31. The van der Waals surface area contributed by atoms with Crippen molar-refractivity contribution < 1.29 is 4.79 Å². The highest BCUT2D eigenvalue weighted by Crippen LogP contribution is 2.27. The largest absolute Gasteiger partial charge is 0.339 e. The van der Waals surface area contributed by atoms with Crippen LogP contribution in [0.2, 0.25) is 0 Å². The van der Waals surface area contributed by atoms with Gasteiger partial charge in [0.25, 0.3) is 5.91 Å². The quantitative estimate of drug-likeness (QED) is 0.623. The number of benzene rings is 2. The van der Waals surface area contributed by atoms with E-state index in [1.807, 2.05) is 35.2 Å². The number of nitrogens with zero attached hydrogens (tertiary/aromatic N) is 6. The van der Waals surface area contributed by atoms with Crippen LogP contribution in [0.15, 0.2) is 72.0 Å². The fraction of sp³-hybridized carbons (Fsp3) is 0.308. The van der Waals surface area contributed by atoms with Crippen LogP contribution in [0, 0.1) is 13.8 Å². The van der Waals surface area contributed by atoms with Crippen molar-refractivity contribution in [3.8, 4) is 0 Å². The molecule has 1 unspecified atom stereocenters. The average Bonchev–Trinajstić information content (AvgIpc) is 3.18. The monoisotopic (exact) mass is 440 g/mol. The van der Waals surface area contributed by atoms with E-state index >= 15 is 0 Å². The molecule has 3 heterocycles. The van der Waals surface area contributed by atoms with Crippen LogP contribution in [0.3, 0.4) is 0 Å². The summed E-state index contributed by atoms with van der Waals surface area (Å²) < 4.78 is 0. The van der Waals surface area contributed by atoms with E-state index in [4.69, 9.17) is 4.99 Å². The Morgan fingerprint density at radius 2 is 1.55 bits per heavy atom. The first-order valence-electron chi connectivity index (χ1n) is 11.4. The maximum absolute atomic E-state index is 13.6. The summed E-state index contributed by atoms with van der Waals surface area (Å²) in [5.41, 5.74) is 4.37. The fourth-order valence-corrected chi connectivity index (χ4v) is 4.36. The number of carbonyl (C=O) groups excluding carboxylic acids is 1. The van der Waals surface area contributed by atoms with Gasteiger partial charge in [-0.2, -0.15) is 0 Å². The van der Waals surface area contributed by atoms with Gasteiger partial charge in [-0.15, -0.1) is 0 Å². The lowest BCUT2D eigenvalue weighted by molar-refractivity contribution is -0.118. The molecule has 1 atom stereocenters. The van der Waals surface area contributed by atoms with E-state index < -0.39 is 6.04 Å². The van der Waals surface area contributed by atoms with Crippen LogP contribution in [-0.2, 0) is 11.2 Å². The van der Waals surface area contributed by atoms with Gasteiger partial charge in [0.2, 0.25) is 11.9 Å². The number of anilines is 2. The van der Waals surface area contributed by atoms with Gasteiger partial charge in [-0.3, -0.25) is 4.79 Å². The number of guanidine groups is 1. The molecule has 33 heavy (non-hydrogen) atoms. The summed E-state index contributed by atoms with van der Waals surface area (Å²) in [6.45, 7) is 7.23. The van der Waals surface area contributed by atoms with Gasteiger partial charge in [-0.25, -0.2) is 19.9 Å². The zero-order valence-electron chi connectivity index (χ0n) is 19.1. The maximum atomic E-state index is 13.6. The molecule has 1 amide bonds. The van der Waals surface area contributed by atoms with E-state index in [2.05, 4.69) is 57.9 Å². The highest BCUT2D eigenvalue weighted by Gasteiger charge is 2.39. The highest BCUT2D eigenvalue weighted by molar-refractivity contribution is 6.22. The lowest BCUT2D eigenvalue weighted by Gasteiger charge is -2.37. The summed E-state index contributed by atoms with van der Waals surface area (Å²) in [7, 11) is 0. The molecule has 7 heteroatoms. The molecule has 0 aliphatic carbocycles. The van der Waals surface area contributed by atoms with Crippen molar-refractivity contribution in [3.63, 3.8) is 0 Å². The van der Waals surface area contributed by atoms with Gasteiger partial charge in [-0.05, 0) is 48.7 Å². The van der Waals surface area contributed by atoms with Crippen molar-refractivity contribution in [2.75, 3.05) is 36.0 Å². The number of aryl methyl sites for hydroxylation is 2. The Labute approximate surface area is 194 Å². The molecule has 0 saturated carbocycles. The second-order valence-corrected chi connectivity index (χ2v) is 8.60. The maximum Gasteiger partial charge on any atom is 0.259 e. The van der Waals surface area contributed by atoms with Crippen LogP contribution in [0.4, 0.5) is 11.6 Å². The van der Waals surface area contributed by atoms with E-state index in [-0.39, 0.29) is 5.91 Å². The molecule has 0 bridgehead atoms. The van der Waals surface area contributed by atoms with Crippen LogP contribution < -0.4 is 9.80 Å². The van der Waals surface area contributed by atoms with Gasteiger partial charge < -0.3 is 9.80 Å². The molecule has 2 aliphatic rings. The number of hydrogen-bond donors (Lipinski definition) is 0. The molecule has 0 spiro atoms. The Morgan fingerprint density at radius 3 is 2.24 bits per heavy atom. The lowest BCUT2D eigenvalue weighted by atomic mass is 10.1. The molecular formula is C26H28N6O. The molecule has 1 saturated heterocycles.